The zero-order chi connectivity index (χ0) is 13.9. The van der Waals surface area contributed by atoms with Gasteiger partial charge in [0, 0.05) is 9.75 Å². The molecule has 0 spiro atoms. The molecule has 2 aromatic heterocycles. The Hall–Kier alpha value is -1.98. The largest absolute Gasteiger partial charge is 0.307 e. The number of aromatic nitrogens is 3. The molecule has 0 amide bonds. The summed E-state index contributed by atoms with van der Waals surface area (Å²) in [5.74, 6) is 0. The molecule has 0 saturated carbocycles. The first kappa shape index (κ1) is 13.0. The van der Waals surface area contributed by atoms with E-state index in [9.17, 15) is 0 Å². The van der Waals surface area contributed by atoms with Crippen LogP contribution in [-0.4, -0.2) is 22.0 Å². The standard InChI is InChI=1S/C15H16N4S/c1-11-8-9-14(20-11)15(16-2)13-10-17-18-19(13)12-6-4-3-5-7-12/h3-10,15-16H,1-2H3. The maximum atomic E-state index is 4.22. The fourth-order valence-electron chi connectivity index (χ4n) is 2.25. The average molecular weight is 284 g/mol. The second-order valence-corrected chi connectivity index (χ2v) is 5.90. The van der Waals surface area contributed by atoms with Gasteiger partial charge in [0.2, 0.25) is 0 Å². The molecule has 5 heteroatoms. The third-order valence-electron chi connectivity index (χ3n) is 3.21. The number of aryl methyl sites for hydroxylation is 1. The first-order valence-corrected chi connectivity index (χ1v) is 7.31. The molecule has 0 aliphatic heterocycles. The van der Waals surface area contributed by atoms with Gasteiger partial charge in [-0.15, -0.1) is 16.4 Å². The second-order valence-electron chi connectivity index (χ2n) is 4.58. The molecule has 3 rings (SSSR count). The summed E-state index contributed by atoms with van der Waals surface area (Å²) in [4.78, 5) is 2.57. The van der Waals surface area contributed by atoms with E-state index in [-0.39, 0.29) is 6.04 Å². The Bertz CT molecular complexity index is 687. The van der Waals surface area contributed by atoms with Crippen LogP contribution in [0.1, 0.15) is 21.5 Å². The fourth-order valence-corrected chi connectivity index (χ4v) is 3.25. The van der Waals surface area contributed by atoms with Crippen molar-refractivity contribution in [2.24, 2.45) is 0 Å². The van der Waals surface area contributed by atoms with Crippen LogP contribution in [0.5, 0.6) is 0 Å². The highest BCUT2D eigenvalue weighted by Gasteiger charge is 2.19. The Morgan fingerprint density at radius 2 is 1.95 bits per heavy atom. The minimum Gasteiger partial charge on any atom is -0.307 e. The van der Waals surface area contributed by atoms with Crippen LogP contribution in [0, 0.1) is 6.92 Å². The van der Waals surface area contributed by atoms with Crippen LogP contribution < -0.4 is 5.32 Å². The summed E-state index contributed by atoms with van der Waals surface area (Å²) in [5, 5.41) is 11.6. The van der Waals surface area contributed by atoms with E-state index < -0.39 is 0 Å². The predicted octanol–water partition coefficient (Wildman–Crippen LogP) is 2.95. The normalized spacial score (nSPS) is 12.5. The molecule has 102 valence electrons. The Morgan fingerprint density at radius 1 is 1.15 bits per heavy atom. The van der Waals surface area contributed by atoms with Crippen LogP contribution in [0.15, 0.2) is 48.7 Å². The molecule has 1 atom stereocenters. The molecule has 4 nitrogen and oxygen atoms in total. The Kier molecular flexibility index (Phi) is 3.62. The number of para-hydroxylation sites is 1. The summed E-state index contributed by atoms with van der Waals surface area (Å²) in [6.07, 6.45) is 1.82. The van der Waals surface area contributed by atoms with Gasteiger partial charge in [-0.05, 0) is 38.2 Å². The van der Waals surface area contributed by atoms with E-state index in [1.165, 1.54) is 9.75 Å². The number of nitrogens with one attached hydrogen (secondary N) is 1. The van der Waals surface area contributed by atoms with Gasteiger partial charge in [0.1, 0.15) is 0 Å². The monoisotopic (exact) mass is 284 g/mol. The molecule has 3 aromatic rings. The topological polar surface area (TPSA) is 42.7 Å². The van der Waals surface area contributed by atoms with Gasteiger partial charge >= 0.3 is 0 Å². The van der Waals surface area contributed by atoms with Crippen molar-refractivity contribution in [2.75, 3.05) is 7.05 Å². The van der Waals surface area contributed by atoms with Crippen LogP contribution in [0.3, 0.4) is 0 Å². The van der Waals surface area contributed by atoms with E-state index in [4.69, 9.17) is 0 Å². The summed E-state index contributed by atoms with van der Waals surface area (Å²) in [5.41, 5.74) is 2.06. The van der Waals surface area contributed by atoms with E-state index in [0.717, 1.165) is 11.4 Å². The van der Waals surface area contributed by atoms with E-state index in [0.29, 0.717) is 0 Å². The van der Waals surface area contributed by atoms with Crippen molar-refractivity contribution in [3.05, 3.63) is 64.1 Å². The number of thiophene rings is 1. The highest BCUT2D eigenvalue weighted by Crippen LogP contribution is 2.28. The lowest BCUT2D eigenvalue weighted by Gasteiger charge is -2.15. The zero-order valence-corrected chi connectivity index (χ0v) is 12.3. The molecular weight excluding hydrogens is 268 g/mol. The quantitative estimate of drug-likeness (QED) is 0.801. The molecule has 1 aromatic carbocycles. The molecule has 0 bridgehead atoms. The van der Waals surface area contributed by atoms with Crippen molar-refractivity contribution in [1.82, 2.24) is 20.3 Å². The highest BCUT2D eigenvalue weighted by atomic mass is 32.1. The van der Waals surface area contributed by atoms with Gasteiger partial charge in [0.15, 0.2) is 0 Å². The first-order valence-electron chi connectivity index (χ1n) is 6.49. The lowest BCUT2D eigenvalue weighted by molar-refractivity contribution is 0.642. The van der Waals surface area contributed by atoms with Crippen molar-refractivity contribution in [2.45, 2.75) is 13.0 Å². The SMILES string of the molecule is CNC(c1ccc(C)s1)c1cnnn1-c1ccccc1. The van der Waals surface area contributed by atoms with E-state index in [1.807, 2.05) is 48.3 Å². The fraction of sp³-hybridized carbons (Fsp3) is 0.200. The maximum absolute atomic E-state index is 4.22. The smallest absolute Gasteiger partial charge is 0.0868 e. The van der Waals surface area contributed by atoms with E-state index in [2.05, 4.69) is 34.7 Å². The van der Waals surface area contributed by atoms with Crippen LogP contribution in [0.25, 0.3) is 5.69 Å². The second kappa shape index (κ2) is 5.56. The molecule has 0 aliphatic carbocycles. The van der Waals surface area contributed by atoms with Crippen LogP contribution in [-0.2, 0) is 0 Å². The van der Waals surface area contributed by atoms with Crippen molar-refractivity contribution >= 4 is 11.3 Å². The molecule has 2 heterocycles. The van der Waals surface area contributed by atoms with Gasteiger partial charge in [-0.25, -0.2) is 4.68 Å². The molecule has 0 radical (unpaired) electrons. The lowest BCUT2D eigenvalue weighted by Crippen LogP contribution is -2.20. The van der Waals surface area contributed by atoms with Gasteiger partial charge in [0.05, 0.1) is 23.6 Å². The Balaban J connectivity index is 2.04. The molecule has 0 aliphatic rings. The number of nitrogens with zero attached hydrogens (tertiary/aromatic N) is 3. The first-order chi connectivity index (χ1) is 9.79. The highest BCUT2D eigenvalue weighted by molar-refractivity contribution is 7.12. The van der Waals surface area contributed by atoms with Gasteiger partial charge in [-0.3, -0.25) is 0 Å². The van der Waals surface area contributed by atoms with Crippen molar-refractivity contribution in [3.63, 3.8) is 0 Å². The minimum absolute atomic E-state index is 0.101. The van der Waals surface area contributed by atoms with Gasteiger partial charge in [-0.2, -0.15) is 0 Å². The van der Waals surface area contributed by atoms with E-state index >= 15 is 0 Å². The van der Waals surface area contributed by atoms with Crippen molar-refractivity contribution < 1.29 is 0 Å². The molecule has 0 saturated heterocycles. The summed E-state index contributed by atoms with van der Waals surface area (Å²) >= 11 is 1.79. The Morgan fingerprint density at radius 3 is 2.60 bits per heavy atom. The summed E-state index contributed by atoms with van der Waals surface area (Å²) in [7, 11) is 1.96. The third-order valence-corrected chi connectivity index (χ3v) is 4.27. The number of benzene rings is 1. The average Bonchev–Trinajstić information content (AvgIpc) is 3.11. The number of hydrogen-bond donors (Lipinski definition) is 1. The maximum Gasteiger partial charge on any atom is 0.0868 e. The molecule has 1 N–H and O–H groups in total. The van der Waals surface area contributed by atoms with Gasteiger partial charge < -0.3 is 5.32 Å². The molecular formula is C15H16N4S. The van der Waals surface area contributed by atoms with Crippen LogP contribution in [0.4, 0.5) is 0 Å². The van der Waals surface area contributed by atoms with E-state index in [1.54, 1.807) is 11.3 Å². The summed E-state index contributed by atoms with van der Waals surface area (Å²) < 4.78 is 1.89. The lowest BCUT2D eigenvalue weighted by atomic mass is 10.1. The van der Waals surface area contributed by atoms with Crippen LogP contribution >= 0.6 is 11.3 Å². The molecule has 20 heavy (non-hydrogen) atoms. The van der Waals surface area contributed by atoms with Crippen molar-refractivity contribution in [1.29, 1.82) is 0 Å². The van der Waals surface area contributed by atoms with Gasteiger partial charge in [0.25, 0.3) is 0 Å². The van der Waals surface area contributed by atoms with Crippen molar-refractivity contribution in [3.8, 4) is 5.69 Å². The molecule has 0 fully saturated rings. The summed E-state index contributed by atoms with van der Waals surface area (Å²) in [6, 6.07) is 14.5. The van der Waals surface area contributed by atoms with Gasteiger partial charge in [-0.1, -0.05) is 23.4 Å². The predicted molar refractivity (Wildman–Crippen MR) is 81.3 cm³/mol. The Labute approximate surface area is 122 Å². The summed E-state index contributed by atoms with van der Waals surface area (Å²) in [6.45, 7) is 2.12. The van der Waals surface area contributed by atoms with Crippen LogP contribution in [0.2, 0.25) is 0 Å². The molecule has 1 unspecified atom stereocenters. The number of rotatable bonds is 4. The minimum atomic E-state index is 0.101. The number of hydrogen-bond acceptors (Lipinski definition) is 4. The zero-order valence-electron chi connectivity index (χ0n) is 11.4. The third kappa shape index (κ3) is 2.37.